The first-order chi connectivity index (χ1) is 34.7. The van der Waals surface area contributed by atoms with Gasteiger partial charge >= 0.3 is 21.2 Å². The van der Waals surface area contributed by atoms with Crippen LogP contribution in [0, 0.1) is 0 Å². The monoisotopic (exact) mass is 1080 g/mol. The molecule has 3 aromatic heterocycles. The smallest absolute Gasteiger partial charge is 0.425 e. The molecule has 7 aromatic rings. The summed E-state index contributed by atoms with van der Waals surface area (Å²) in [6, 6.07) is 18.8. The lowest BCUT2D eigenvalue weighted by Gasteiger charge is -2.25. The van der Waals surface area contributed by atoms with E-state index >= 15 is 0 Å². The number of methoxy groups -OCH3 is 4. The Morgan fingerprint density at radius 1 is 0.583 bits per heavy atom. The highest BCUT2D eigenvalue weighted by atomic mass is 32.2. The lowest BCUT2D eigenvalue weighted by atomic mass is 10.2. The molecule has 0 fully saturated rings. The van der Waals surface area contributed by atoms with Crippen LogP contribution in [0.5, 0.6) is 23.0 Å². The Balaban J connectivity index is 0.00000112. The first-order valence-electron chi connectivity index (χ1n) is 21.4. The Morgan fingerprint density at radius 2 is 0.986 bits per heavy atom. The molecule has 0 aliphatic heterocycles. The van der Waals surface area contributed by atoms with Gasteiger partial charge in [0.05, 0.1) is 68.8 Å². The lowest BCUT2D eigenvalue weighted by Crippen LogP contribution is -2.22. The number of azo groups is 2. The number of nitrogens with one attached hydrogen (secondary N) is 2. The number of anilines is 6. The third-order valence-electron chi connectivity index (χ3n) is 10.1. The van der Waals surface area contributed by atoms with E-state index in [-0.39, 0.29) is 18.5 Å². The predicted molar refractivity (Wildman–Crippen MR) is 277 cm³/mol. The second kappa shape index (κ2) is 27.4. The van der Waals surface area contributed by atoms with Crippen molar-refractivity contribution in [3.63, 3.8) is 0 Å². The van der Waals surface area contributed by atoms with E-state index in [4.69, 9.17) is 69.4 Å². The van der Waals surface area contributed by atoms with Gasteiger partial charge < -0.3 is 44.5 Å². The van der Waals surface area contributed by atoms with Crippen LogP contribution in [-0.4, -0.2) is 121 Å². The summed E-state index contributed by atoms with van der Waals surface area (Å²) in [6.45, 7) is 11.2. The standard InChI is InChI=1S/C43H49N13O5S3.2O3S/c1-9-55(10-2)35-21-31(33(23-37(35)60-7)49-51-39-27-19-25(58-5)13-15-29(27)53-63-39)44-41-46-42(48-43(47-41)62-18-17-57)45-32-22-36(56(11-3)12-4)38(61-8)24-34(32)50-52-40-28-20-26(59-6)14-16-30(28)54-64-40;2*1-4(2)3/h13-16,19-24,57H,9-12,17-18H2,1-8H3,(H2,44,45,46,47,48);;. The molecule has 72 heavy (non-hydrogen) atoms. The van der Waals surface area contributed by atoms with Crippen molar-refractivity contribution in [1.82, 2.24) is 23.7 Å². The maximum atomic E-state index is 9.81. The van der Waals surface area contributed by atoms with E-state index in [1.54, 1.807) is 28.4 Å². The fourth-order valence-electron chi connectivity index (χ4n) is 6.75. The zero-order valence-corrected chi connectivity index (χ0v) is 44.1. The molecule has 0 aliphatic carbocycles. The van der Waals surface area contributed by atoms with Crippen LogP contribution in [0.25, 0.3) is 21.8 Å². The van der Waals surface area contributed by atoms with Crippen LogP contribution in [0.2, 0.25) is 0 Å². The van der Waals surface area contributed by atoms with Crippen LogP contribution >= 0.6 is 34.8 Å². The average Bonchev–Trinajstić information content (AvgIpc) is 3.98. The minimum atomic E-state index is -3.11. The molecule has 0 atom stereocenters. The minimum absolute atomic E-state index is 0.0787. The van der Waals surface area contributed by atoms with Gasteiger partial charge in [0, 0.05) is 54.8 Å². The quantitative estimate of drug-likeness (QED) is 0.0446. The normalized spacial score (nSPS) is 10.9. The SMILES string of the molecule is CCN(CC)c1cc(Nc2nc(Nc3cc(N(CC)CC)c(OC)cc3N=Nc3snc4ccc(OC)cc34)nc(SCCO)n2)c(N=Nc2snc3ccc(OC)cc23)cc1OC.O=S(=O)=O.O=S(=O)=O. The molecule has 4 aromatic carbocycles. The van der Waals surface area contributed by atoms with E-state index in [0.717, 1.165) is 59.4 Å². The van der Waals surface area contributed by atoms with Crippen molar-refractivity contribution in [1.29, 1.82) is 0 Å². The number of hydrogen-bond donors (Lipinski definition) is 3. The van der Waals surface area contributed by atoms with Crippen LogP contribution < -0.4 is 39.4 Å². The summed E-state index contributed by atoms with van der Waals surface area (Å²) in [5.41, 5.74) is 5.30. The molecule has 29 heteroatoms. The average molecular weight is 1080 g/mol. The van der Waals surface area contributed by atoms with E-state index in [9.17, 15) is 5.11 Å². The van der Waals surface area contributed by atoms with Crippen LogP contribution in [-0.2, 0) is 21.2 Å². The van der Waals surface area contributed by atoms with Crippen molar-refractivity contribution < 1.29 is 49.3 Å². The van der Waals surface area contributed by atoms with Crippen LogP contribution in [0.15, 0.2) is 86.3 Å². The third-order valence-corrected chi connectivity index (χ3v) is 12.4. The lowest BCUT2D eigenvalue weighted by molar-refractivity contribution is 0.322. The zero-order chi connectivity index (χ0) is 52.3. The number of aliphatic hydroxyl groups excluding tert-OH is 1. The highest BCUT2D eigenvalue weighted by molar-refractivity contribution is 7.99. The fraction of sp³-hybridized carbons (Fsp3) is 0.326. The minimum Gasteiger partial charge on any atom is -0.497 e. The Hall–Kier alpha value is -7.18. The van der Waals surface area contributed by atoms with Gasteiger partial charge in [-0.25, -0.2) is 0 Å². The van der Waals surface area contributed by atoms with Crippen molar-refractivity contribution in [3.05, 3.63) is 60.7 Å². The van der Waals surface area contributed by atoms with Crippen molar-refractivity contribution in [2.75, 3.05) is 87.4 Å². The number of ether oxygens (including phenoxy) is 4. The number of fused-ring (bicyclic) bond motifs is 2. The molecule has 0 spiro atoms. The number of aromatic nitrogens is 5. The predicted octanol–water partition coefficient (Wildman–Crippen LogP) is 9.21. The summed E-state index contributed by atoms with van der Waals surface area (Å²) >= 11 is 3.76. The Labute approximate surface area is 429 Å². The Bertz CT molecular complexity index is 3040. The van der Waals surface area contributed by atoms with Gasteiger partial charge in [-0.05, 0) is 99.3 Å². The van der Waals surface area contributed by atoms with Gasteiger partial charge in [0.1, 0.15) is 34.4 Å². The molecule has 0 saturated carbocycles. The summed E-state index contributed by atoms with van der Waals surface area (Å²) in [5.74, 6) is 3.39. The molecule has 0 radical (unpaired) electrons. The maximum Gasteiger partial charge on any atom is 0.425 e. The van der Waals surface area contributed by atoms with Gasteiger partial charge in [0.15, 0.2) is 15.2 Å². The van der Waals surface area contributed by atoms with Gasteiger partial charge in [-0.3, -0.25) is 0 Å². The summed E-state index contributed by atoms with van der Waals surface area (Å²) in [5, 5.41) is 38.6. The van der Waals surface area contributed by atoms with Crippen molar-refractivity contribution in [3.8, 4) is 23.0 Å². The molecular formula is C43H49N13O11S5. The number of rotatable bonds is 21. The van der Waals surface area contributed by atoms with Crippen LogP contribution in [0.1, 0.15) is 27.7 Å². The van der Waals surface area contributed by atoms with Gasteiger partial charge in [0.25, 0.3) is 0 Å². The molecule has 0 saturated heterocycles. The van der Waals surface area contributed by atoms with Crippen molar-refractivity contribution in [2.45, 2.75) is 32.9 Å². The molecule has 3 heterocycles. The maximum absolute atomic E-state index is 9.81. The first kappa shape index (κ1) is 55.7. The summed E-state index contributed by atoms with van der Waals surface area (Å²) in [7, 11) is 0.272. The molecule has 0 bridgehead atoms. The molecular weight excluding hydrogens is 1030 g/mol. The van der Waals surface area contributed by atoms with Crippen LogP contribution in [0.4, 0.5) is 56.0 Å². The Kier molecular flexibility index (Phi) is 21.2. The Morgan fingerprint density at radius 3 is 1.33 bits per heavy atom. The molecule has 0 aliphatic rings. The highest BCUT2D eigenvalue weighted by Gasteiger charge is 2.20. The van der Waals surface area contributed by atoms with Crippen molar-refractivity contribution in [2.24, 2.45) is 20.5 Å². The molecule has 24 nitrogen and oxygen atoms in total. The fourth-order valence-corrected chi connectivity index (χ4v) is 8.70. The molecule has 0 amide bonds. The van der Waals surface area contributed by atoms with E-state index in [1.807, 2.05) is 60.7 Å². The molecule has 3 N–H and O–H groups in total. The second-order valence-electron chi connectivity index (χ2n) is 14.1. The molecule has 382 valence electrons. The number of nitrogens with zero attached hydrogens (tertiary/aromatic N) is 11. The topological polar surface area (TPSA) is 304 Å². The summed E-state index contributed by atoms with van der Waals surface area (Å²) in [6.07, 6.45) is 0. The highest BCUT2D eigenvalue weighted by Crippen LogP contribution is 2.44. The van der Waals surface area contributed by atoms with E-state index in [1.165, 1.54) is 34.8 Å². The zero-order valence-electron chi connectivity index (χ0n) is 40.0. The molecule has 0 unspecified atom stereocenters. The first-order valence-corrected chi connectivity index (χ1v) is 26.0. The number of aliphatic hydroxyl groups is 1. The van der Waals surface area contributed by atoms with Gasteiger partial charge in [-0.1, -0.05) is 11.8 Å². The summed E-state index contributed by atoms with van der Waals surface area (Å²) < 4.78 is 82.5. The summed E-state index contributed by atoms with van der Waals surface area (Å²) in [4.78, 5) is 18.8. The van der Waals surface area contributed by atoms with Gasteiger partial charge in [0.2, 0.25) is 11.9 Å². The van der Waals surface area contributed by atoms with E-state index in [0.29, 0.717) is 66.7 Å². The van der Waals surface area contributed by atoms with Gasteiger partial charge in [-0.2, -0.15) is 23.7 Å². The second-order valence-corrected chi connectivity index (χ2v) is 17.4. The van der Waals surface area contributed by atoms with Gasteiger partial charge in [-0.15, -0.1) is 45.7 Å². The number of benzene rings is 4. The number of hydrogen-bond acceptors (Lipinski definition) is 27. The van der Waals surface area contributed by atoms with Crippen LogP contribution in [0.3, 0.4) is 0 Å². The van der Waals surface area contributed by atoms with E-state index < -0.39 is 21.2 Å². The molecule has 7 rings (SSSR count). The van der Waals surface area contributed by atoms with Crippen molar-refractivity contribution >= 4 is 134 Å². The third kappa shape index (κ3) is 14.9. The number of thioether (sulfide) groups is 1. The largest absolute Gasteiger partial charge is 0.497 e. The van der Waals surface area contributed by atoms with E-state index in [2.05, 4.69) is 67.1 Å².